The van der Waals surface area contributed by atoms with Gasteiger partial charge in [-0.3, -0.25) is 0 Å². The van der Waals surface area contributed by atoms with Gasteiger partial charge < -0.3 is 10.5 Å². The zero-order valence-electron chi connectivity index (χ0n) is 11.1. The molecular formula is C14H29NO. The smallest absolute Gasteiger partial charge is 0.0807 e. The molecule has 16 heavy (non-hydrogen) atoms. The van der Waals surface area contributed by atoms with Crippen molar-refractivity contribution >= 4 is 0 Å². The van der Waals surface area contributed by atoms with E-state index in [2.05, 4.69) is 13.8 Å². The van der Waals surface area contributed by atoms with Gasteiger partial charge in [-0.05, 0) is 26.2 Å². The summed E-state index contributed by atoms with van der Waals surface area (Å²) in [6, 6.07) is 0. The summed E-state index contributed by atoms with van der Waals surface area (Å²) in [5.74, 6) is 0. The fourth-order valence-electron chi connectivity index (χ4n) is 2.73. The lowest BCUT2D eigenvalue weighted by molar-refractivity contribution is -0.0800. The maximum atomic E-state index is 6.20. The highest BCUT2D eigenvalue weighted by Gasteiger charge is 2.34. The fourth-order valence-corrected chi connectivity index (χ4v) is 2.73. The molecule has 1 saturated carbocycles. The standard InChI is InChI=1S/C14H29NO/c1-3-4-5-6-9-13(2)16-14(12-15)10-7-8-11-14/h13H,3-12,15H2,1-2H3. The van der Waals surface area contributed by atoms with Gasteiger partial charge in [0.15, 0.2) is 0 Å². The van der Waals surface area contributed by atoms with Gasteiger partial charge in [0.05, 0.1) is 11.7 Å². The number of rotatable bonds is 8. The molecular weight excluding hydrogens is 198 g/mol. The van der Waals surface area contributed by atoms with Gasteiger partial charge in [0.25, 0.3) is 0 Å². The van der Waals surface area contributed by atoms with Crippen molar-refractivity contribution in [3.05, 3.63) is 0 Å². The van der Waals surface area contributed by atoms with E-state index in [-0.39, 0.29) is 5.60 Å². The van der Waals surface area contributed by atoms with Gasteiger partial charge in [0.2, 0.25) is 0 Å². The average Bonchev–Trinajstić information content (AvgIpc) is 2.74. The van der Waals surface area contributed by atoms with Crippen molar-refractivity contribution in [1.29, 1.82) is 0 Å². The summed E-state index contributed by atoms with van der Waals surface area (Å²) >= 11 is 0. The Bertz CT molecular complexity index is 176. The second kappa shape index (κ2) is 7.29. The first-order valence-electron chi connectivity index (χ1n) is 7.10. The van der Waals surface area contributed by atoms with Gasteiger partial charge >= 0.3 is 0 Å². The summed E-state index contributed by atoms with van der Waals surface area (Å²) in [4.78, 5) is 0. The molecule has 0 amide bonds. The van der Waals surface area contributed by atoms with Crippen molar-refractivity contribution in [3.8, 4) is 0 Å². The van der Waals surface area contributed by atoms with Gasteiger partial charge in [-0.25, -0.2) is 0 Å². The second-order valence-corrected chi connectivity index (χ2v) is 5.37. The number of hydrogen-bond donors (Lipinski definition) is 1. The normalized spacial score (nSPS) is 21.2. The van der Waals surface area contributed by atoms with E-state index in [4.69, 9.17) is 10.5 Å². The van der Waals surface area contributed by atoms with Gasteiger partial charge in [0, 0.05) is 6.54 Å². The molecule has 1 rings (SSSR count). The molecule has 0 aromatic heterocycles. The molecule has 0 radical (unpaired) electrons. The molecule has 0 heterocycles. The largest absolute Gasteiger partial charge is 0.371 e. The molecule has 96 valence electrons. The fraction of sp³-hybridized carbons (Fsp3) is 1.00. The summed E-state index contributed by atoms with van der Waals surface area (Å²) in [5.41, 5.74) is 5.90. The van der Waals surface area contributed by atoms with E-state index in [1.807, 2.05) is 0 Å². The lowest BCUT2D eigenvalue weighted by Crippen LogP contribution is -2.40. The Balaban J connectivity index is 2.18. The zero-order chi connectivity index (χ0) is 11.9. The lowest BCUT2D eigenvalue weighted by atomic mass is 10.0. The van der Waals surface area contributed by atoms with Crippen LogP contribution in [0.25, 0.3) is 0 Å². The monoisotopic (exact) mass is 227 g/mol. The first-order chi connectivity index (χ1) is 7.72. The van der Waals surface area contributed by atoms with Gasteiger partial charge in [-0.2, -0.15) is 0 Å². The highest BCUT2D eigenvalue weighted by molar-refractivity contribution is 4.88. The van der Waals surface area contributed by atoms with Crippen LogP contribution in [-0.4, -0.2) is 18.2 Å². The molecule has 2 nitrogen and oxygen atoms in total. The van der Waals surface area contributed by atoms with Crippen molar-refractivity contribution in [1.82, 2.24) is 0 Å². The van der Waals surface area contributed by atoms with Gasteiger partial charge in [0.1, 0.15) is 0 Å². The van der Waals surface area contributed by atoms with E-state index in [0.717, 1.165) is 0 Å². The first-order valence-corrected chi connectivity index (χ1v) is 7.10. The zero-order valence-corrected chi connectivity index (χ0v) is 11.1. The quantitative estimate of drug-likeness (QED) is 0.643. The van der Waals surface area contributed by atoms with Crippen LogP contribution >= 0.6 is 0 Å². The highest BCUT2D eigenvalue weighted by Crippen LogP contribution is 2.33. The van der Waals surface area contributed by atoms with Crippen LogP contribution in [0.15, 0.2) is 0 Å². The highest BCUT2D eigenvalue weighted by atomic mass is 16.5. The molecule has 2 N–H and O–H groups in total. The van der Waals surface area contributed by atoms with Crippen LogP contribution in [0.5, 0.6) is 0 Å². The third kappa shape index (κ3) is 4.42. The molecule has 1 fully saturated rings. The van der Waals surface area contributed by atoms with Crippen LogP contribution in [0.3, 0.4) is 0 Å². The predicted molar refractivity (Wildman–Crippen MR) is 69.6 cm³/mol. The summed E-state index contributed by atoms with van der Waals surface area (Å²) in [6.45, 7) is 5.16. The van der Waals surface area contributed by atoms with Crippen LogP contribution in [0.2, 0.25) is 0 Å². The molecule has 0 aromatic carbocycles. The Morgan fingerprint density at radius 3 is 2.44 bits per heavy atom. The number of hydrogen-bond acceptors (Lipinski definition) is 2. The van der Waals surface area contributed by atoms with E-state index in [1.54, 1.807) is 0 Å². The second-order valence-electron chi connectivity index (χ2n) is 5.37. The van der Waals surface area contributed by atoms with Crippen molar-refractivity contribution in [2.75, 3.05) is 6.54 Å². The van der Waals surface area contributed by atoms with Crippen molar-refractivity contribution in [2.45, 2.75) is 83.3 Å². The SMILES string of the molecule is CCCCCCC(C)OC1(CN)CCCC1. The van der Waals surface area contributed by atoms with Crippen LogP contribution in [-0.2, 0) is 4.74 Å². The van der Waals surface area contributed by atoms with E-state index < -0.39 is 0 Å². The molecule has 0 saturated heterocycles. The Morgan fingerprint density at radius 2 is 1.88 bits per heavy atom. The van der Waals surface area contributed by atoms with E-state index in [9.17, 15) is 0 Å². The van der Waals surface area contributed by atoms with Crippen LogP contribution < -0.4 is 5.73 Å². The minimum absolute atomic E-state index is 0.0319. The van der Waals surface area contributed by atoms with Crippen molar-refractivity contribution < 1.29 is 4.74 Å². The van der Waals surface area contributed by atoms with E-state index in [1.165, 1.54) is 57.8 Å². The van der Waals surface area contributed by atoms with E-state index in [0.29, 0.717) is 12.6 Å². The first kappa shape index (κ1) is 14.0. The third-order valence-corrected chi connectivity index (χ3v) is 3.80. The van der Waals surface area contributed by atoms with Crippen LogP contribution in [0.1, 0.15) is 71.6 Å². The van der Waals surface area contributed by atoms with Gasteiger partial charge in [-0.15, -0.1) is 0 Å². The Labute approximate surface area is 101 Å². The lowest BCUT2D eigenvalue weighted by Gasteiger charge is -2.31. The maximum Gasteiger partial charge on any atom is 0.0807 e. The topological polar surface area (TPSA) is 35.2 Å². The van der Waals surface area contributed by atoms with Crippen LogP contribution in [0.4, 0.5) is 0 Å². The molecule has 0 bridgehead atoms. The third-order valence-electron chi connectivity index (χ3n) is 3.80. The minimum atomic E-state index is 0.0319. The molecule has 2 heteroatoms. The summed E-state index contributed by atoms with van der Waals surface area (Å²) in [6.07, 6.45) is 11.8. The minimum Gasteiger partial charge on any atom is -0.371 e. The average molecular weight is 227 g/mol. The molecule has 0 aliphatic heterocycles. The summed E-state index contributed by atoms with van der Waals surface area (Å²) in [5, 5.41) is 0. The summed E-state index contributed by atoms with van der Waals surface area (Å²) < 4.78 is 6.20. The molecule has 1 aliphatic rings. The Hall–Kier alpha value is -0.0800. The number of ether oxygens (including phenoxy) is 1. The maximum absolute atomic E-state index is 6.20. The van der Waals surface area contributed by atoms with Gasteiger partial charge in [-0.1, -0.05) is 45.4 Å². The Morgan fingerprint density at radius 1 is 1.19 bits per heavy atom. The van der Waals surface area contributed by atoms with Crippen LogP contribution in [0, 0.1) is 0 Å². The van der Waals surface area contributed by atoms with Crippen molar-refractivity contribution in [2.24, 2.45) is 5.73 Å². The Kier molecular flexibility index (Phi) is 6.37. The number of nitrogens with two attached hydrogens (primary N) is 1. The molecule has 0 aromatic rings. The van der Waals surface area contributed by atoms with Crippen molar-refractivity contribution in [3.63, 3.8) is 0 Å². The van der Waals surface area contributed by atoms with E-state index >= 15 is 0 Å². The number of unbranched alkanes of at least 4 members (excludes halogenated alkanes) is 3. The molecule has 0 spiro atoms. The predicted octanol–water partition coefficient (Wildman–Crippen LogP) is 3.63. The molecule has 1 unspecified atom stereocenters. The molecule has 1 aliphatic carbocycles. The summed E-state index contributed by atoms with van der Waals surface area (Å²) in [7, 11) is 0. The molecule has 1 atom stereocenters.